The van der Waals surface area contributed by atoms with Crippen molar-refractivity contribution in [2.45, 2.75) is 19.5 Å². The molecule has 1 aromatic heterocycles. The van der Waals surface area contributed by atoms with Gasteiger partial charge in [0.2, 0.25) is 0 Å². The molecule has 0 bridgehead atoms. The van der Waals surface area contributed by atoms with Gasteiger partial charge in [-0.2, -0.15) is 10.4 Å². The van der Waals surface area contributed by atoms with Crippen LogP contribution in [-0.2, 0) is 6.54 Å². The first kappa shape index (κ1) is 19.6. The van der Waals surface area contributed by atoms with E-state index in [1.54, 1.807) is 11.0 Å². The monoisotopic (exact) mass is 393 g/mol. The van der Waals surface area contributed by atoms with Gasteiger partial charge in [-0.15, -0.1) is 0 Å². The van der Waals surface area contributed by atoms with E-state index in [0.29, 0.717) is 5.56 Å². The molecule has 4 rings (SSSR count). The molecule has 30 heavy (non-hydrogen) atoms. The number of aromatic nitrogens is 3. The molecule has 0 saturated heterocycles. The van der Waals surface area contributed by atoms with Crippen LogP contribution in [0.5, 0.6) is 0 Å². The van der Waals surface area contributed by atoms with Gasteiger partial charge in [0.25, 0.3) is 0 Å². The summed E-state index contributed by atoms with van der Waals surface area (Å²) in [4.78, 5) is 6.32. The maximum atomic E-state index is 9.33. The Labute approximate surface area is 176 Å². The lowest BCUT2D eigenvalue weighted by atomic mass is 9.99. The summed E-state index contributed by atoms with van der Waals surface area (Å²) >= 11 is 0. The van der Waals surface area contributed by atoms with E-state index >= 15 is 0 Å². The number of rotatable bonds is 6. The number of benzene rings is 3. The van der Waals surface area contributed by atoms with Gasteiger partial charge in [-0.25, -0.2) is 9.67 Å². The molecule has 0 unspecified atom stereocenters. The quantitative estimate of drug-likeness (QED) is 0.463. The van der Waals surface area contributed by atoms with Crippen LogP contribution in [0.3, 0.4) is 0 Å². The molecule has 0 spiro atoms. The minimum atomic E-state index is 0.272. The summed E-state index contributed by atoms with van der Waals surface area (Å²) < 4.78 is 1.75. The van der Waals surface area contributed by atoms with Crippen molar-refractivity contribution in [1.82, 2.24) is 19.7 Å². The van der Waals surface area contributed by atoms with Crippen molar-refractivity contribution in [3.63, 3.8) is 0 Å². The molecular weight excluding hydrogens is 370 g/mol. The largest absolute Gasteiger partial charge is 0.295 e. The molecule has 3 aromatic carbocycles. The molecule has 0 N–H and O–H groups in total. The van der Waals surface area contributed by atoms with Gasteiger partial charge in [-0.05, 0) is 54.4 Å². The van der Waals surface area contributed by atoms with E-state index in [1.807, 2.05) is 24.3 Å². The first-order valence-electron chi connectivity index (χ1n) is 9.89. The van der Waals surface area contributed by atoms with Gasteiger partial charge in [0.15, 0.2) is 0 Å². The Balaban J connectivity index is 1.44. The van der Waals surface area contributed by atoms with Crippen molar-refractivity contribution < 1.29 is 0 Å². The molecule has 5 heteroatoms. The van der Waals surface area contributed by atoms with Crippen LogP contribution in [0.15, 0.2) is 85.5 Å². The zero-order chi connectivity index (χ0) is 20.9. The Morgan fingerprint density at radius 2 is 1.73 bits per heavy atom. The fourth-order valence-electron chi connectivity index (χ4n) is 3.55. The molecular formula is C25H23N5. The molecule has 5 nitrogen and oxygen atoms in total. The van der Waals surface area contributed by atoms with E-state index in [0.717, 1.165) is 23.4 Å². The second kappa shape index (κ2) is 8.73. The normalized spacial score (nSPS) is 11.9. The zero-order valence-electron chi connectivity index (χ0n) is 17.1. The van der Waals surface area contributed by atoms with Crippen molar-refractivity contribution in [2.75, 3.05) is 7.05 Å². The molecule has 0 aliphatic carbocycles. The Morgan fingerprint density at radius 3 is 2.40 bits per heavy atom. The third-order valence-corrected chi connectivity index (χ3v) is 5.46. The second-order valence-corrected chi connectivity index (χ2v) is 7.38. The molecule has 0 amide bonds. The van der Waals surface area contributed by atoms with Crippen LogP contribution in [0, 0.1) is 11.3 Å². The highest BCUT2D eigenvalue weighted by molar-refractivity contribution is 5.70. The highest BCUT2D eigenvalue weighted by Gasteiger charge is 2.13. The smallest absolute Gasteiger partial charge is 0.138 e. The standard InChI is InChI=1S/C25H23N5/c1-19(21-11-13-24(14-12-21)30-18-27-17-28-30)29(2)16-20-7-9-22(10-8-20)25-6-4-3-5-23(25)15-26/h3-14,17-19H,16H2,1-2H3/t19-/m1/s1. The molecule has 0 radical (unpaired) electrons. The molecule has 1 atom stereocenters. The fourth-order valence-corrected chi connectivity index (χ4v) is 3.55. The van der Waals surface area contributed by atoms with Crippen LogP contribution in [0.25, 0.3) is 16.8 Å². The Kier molecular flexibility index (Phi) is 5.69. The van der Waals surface area contributed by atoms with Gasteiger partial charge in [0, 0.05) is 12.6 Å². The highest BCUT2D eigenvalue weighted by atomic mass is 15.3. The van der Waals surface area contributed by atoms with Crippen LogP contribution in [0.4, 0.5) is 0 Å². The summed E-state index contributed by atoms with van der Waals surface area (Å²) in [6.45, 7) is 3.05. The summed E-state index contributed by atoms with van der Waals surface area (Å²) in [5, 5.41) is 13.5. The van der Waals surface area contributed by atoms with Crippen LogP contribution in [-0.4, -0.2) is 26.7 Å². The number of nitrogens with zero attached hydrogens (tertiary/aromatic N) is 5. The van der Waals surface area contributed by atoms with Gasteiger partial charge < -0.3 is 0 Å². The molecule has 0 aliphatic heterocycles. The third kappa shape index (κ3) is 4.14. The van der Waals surface area contributed by atoms with Crippen LogP contribution < -0.4 is 0 Å². The molecule has 0 saturated carbocycles. The van der Waals surface area contributed by atoms with Gasteiger partial charge >= 0.3 is 0 Å². The van der Waals surface area contributed by atoms with Gasteiger partial charge in [0.1, 0.15) is 12.7 Å². The number of nitriles is 1. The average molecular weight is 393 g/mol. The van der Waals surface area contributed by atoms with Gasteiger partial charge in [-0.3, -0.25) is 4.90 Å². The fraction of sp³-hybridized carbons (Fsp3) is 0.160. The zero-order valence-corrected chi connectivity index (χ0v) is 17.1. The SMILES string of the molecule is C[C@H](c1ccc(-n2cncn2)cc1)N(C)Cc1ccc(-c2ccccc2C#N)cc1. The lowest BCUT2D eigenvalue weighted by molar-refractivity contribution is 0.253. The predicted octanol–water partition coefficient (Wildman–Crippen LogP) is 5.00. The van der Waals surface area contributed by atoms with Crippen LogP contribution in [0.1, 0.15) is 29.7 Å². The average Bonchev–Trinajstić information content (AvgIpc) is 3.34. The Morgan fingerprint density at radius 1 is 1.00 bits per heavy atom. The van der Waals surface area contributed by atoms with Crippen molar-refractivity contribution in [3.8, 4) is 22.9 Å². The first-order chi connectivity index (χ1) is 14.7. The van der Waals surface area contributed by atoms with E-state index < -0.39 is 0 Å². The van der Waals surface area contributed by atoms with Crippen LogP contribution in [0.2, 0.25) is 0 Å². The van der Waals surface area contributed by atoms with Gasteiger partial charge in [0.05, 0.1) is 17.3 Å². The summed E-state index contributed by atoms with van der Waals surface area (Å²) in [6.07, 6.45) is 3.23. The maximum absolute atomic E-state index is 9.33. The summed E-state index contributed by atoms with van der Waals surface area (Å²) in [7, 11) is 2.13. The minimum absolute atomic E-state index is 0.272. The Bertz CT molecular complexity index is 1140. The van der Waals surface area contributed by atoms with E-state index in [2.05, 4.69) is 83.6 Å². The van der Waals surface area contributed by atoms with E-state index in [-0.39, 0.29) is 6.04 Å². The molecule has 148 valence electrons. The summed E-state index contributed by atoms with van der Waals surface area (Å²) in [5.41, 5.74) is 6.23. The molecule has 0 fully saturated rings. The second-order valence-electron chi connectivity index (χ2n) is 7.38. The van der Waals surface area contributed by atoms with E-state index in [4.69, 9.17) is 0 Å². The van der Waals surface area contributed by atoms with Gasteiger partial charge in [-0.1, -0.05) is 54.6 Å². The molecule has 1 heterocycles. The molecule has 0 aliphatic rings. The topological polar surface area (TPSA) is 57.7 Å². The number of hydrogen-bond acceptors (Lipinski definition) is 4. The maximum Gasteiger partial charge on any atom is 0.138 e. The van der Waals surface area contributed by atoms with Crippen molar-refractivity contribution in [1.29, 1.82) is 5.26 Å². The van der Waals surface area contributed by atoms with E-state index in [1.165, 1.54) is 17.5 Å². The van der Waals surface area contributed by atoms with Crippen molar-refractivity contribution >= 4 is 0 Å². The van der Waals surface area contributed by atoms with Crippen molar-refractivity contribution in [3.05, 3.63) is 102 Å². The van der Waals surface area contributed by atoms with E-state index in [9.17, 15) is 5.26 Å². The lowest BCUT2D eigenvalue weighted by Crippen LogP contribution is -2.21. The third-order valence-electron chi connectivity index (χ3n) is 5.46. The summed E-state index contributed by atoms with van der Waals surface area (Å²) in [5.74, 6) is 0. The van der Waals surface area contributed by atoms with Crippen LogP contribution >= 0.6 is 0 Å². The Hall–Kier alpha value is -3.75. The summed E-state index contributed by atoms with van der Waals surface area (Å²) in [6, 6.07) is 27.1. The lowest BCUT2D eigenvalue weighted by Gasteiger charge is -2.25. The molecule has 4 aromatic rings. The predicted molar refractivity (Wildman–Crippen MR) is 118 cm³/mol. The first-order valence-corrected chi connectivity index (χ1v) is 9.89. The number of hydrogen-bond donors (Lipinski definition) is 0. The highest BCUT2D eigenvalue weighted by Crippen LogP contribution is 2.25. The van der Waals surface area contributed by atoms with Crippen molar-refractivity contribution in [2.24, 2.45) is 0 Å². The minimum Gasteiger partial charge on any atom is -0.295 e.